The van der Waals surface area contributed by atoms with E-state index in [4.69, 9.17) is 14.2 Å². The zero-order chi connectivity index (χ0) is 55.7. The first kappa shape index (κ1) is 72.5. The third-order valence-corrected chi connectivity index (χ3v) is 13.1. The first-order valence-corrected chi connectivity index (χ1v) is 31.7. The Hall–Kier alpha value is -4.45. The predicted molar refractivity (Wildman–Crippen MR) is 334 cm³/mol. The maximum absolute atomic E-state index is 12.9. The fourth-order valence-corrected chi connectivity index (χ4v) is 8.43. The molecule has 0 bridgehead atoms. The summed E-state index contributed by atoms with van der Waals surface area (Å²) in [6.45, 7) is 6.38. The van der Waals surface area contributed by atoms with Crippen LogP contribution in [0.3, 0.4) is 0 Å². The van der Waals surface area contributed by atoms with E-state index in [1.54, 1.807) is 0 Å². The van der Waals surface area contributed by atoms with Crippen LogP contribution in [-0.2, 0) is 28.6 Å². The van der Waals surface area contributed by atoms with Crippen molar-refractivity contribution in [3.8, 4) is 0 Å². The van der Waals surface area contributed by atoms with Gasteiger partial charge >= 0.3 is 17.9 Å². The molecule has 0 aliphatic carbocycles. The summed E-state index contributed by atoms with van der Waals surface area (Å²) >= 11 is 0. The lowest BCUT2D eigenvalue weighted by Crippen LogP contribution is -2.30. The molecule has 0 aromatic rings. The predicted octanol–water partition coefficient (Wildman–Crippen LogP) is 21.8. The first-order valence-electron chi connectivity index (χ1n) is 31.7. The SMILES string of the molecule is CC/C=C\C/C=C\C/C=C\C/C=C\C/C=C\CCCCCCCCCC(=O)OCC(COC(=O)CCCCCCC/C=C\CCCCCCCC)OC(=O)CCCCCCC/C=C\C/C=C\C/C=C\C/C=C\C/C=C\CC. The van der Waals surface area contributed by atoms with E-state index >= 15 is 0 Å². The Balaban J connectivity index is 4.46. The van der Waals surface area contributed by atoms with Gasteiger partial charge in [-0.15, -0.1) is 0 Å². The number of ether oxygens (including phenoxy) is 3. The molecule has 0 amide bonds. The lowest BCUT2D eigenvalue weighted by atomic mass is 10.1. The molecule has 0 spiro atoms. The van der Waals surface area contributed by atoms with Crippen LogP contribution in [0.1, 0.15) is 278 Å². The topological polar surface area (TPSA) is 78.9 Å². The fourth-order valence-electron chi connectivity index (χ4n) is 8.43. The number of rotatable bonds is 56. The molecule has 1 unspecified atom stereocenters. The molecule has 0 fully saturated rings. The first-order chi connectivity index (χ1) is 38.0. The van der Waals surface area contributed by atoms with Crippen molar-refractivity contribution in [1.82, 2.24) is 0 Å². The molecular weight excluding hydrogens is 949 g/mol. The average Bonchev–Trinajstić information content (AvgIpc) is 3.43. The highest BCUT2D eigenvalue weighted by Gasteiger charge is 2.19. The van der Waals surface area contributed by atoms with Crippen LogP contribution in [-0.4, -0.2) is 37.2 Å². The van der Waals surface area contributed by atoms with Gasteiger partial charge in [0, 0.05) is 19.3 Å². The maximum Gasteiger partial charge on any atom is 0.306 e. The van der Waals surface area contributed by atoms with E-state index in [1.165, 1.54) is 77.0 Å². The van der Waals surface area contributed by atoms with Crippen molar-refractivity contribution in [2.45, 2.75) is 284 Å². The number of hydrogen-bond acceptors (Lipinski definition) is 6. The van der Waals surface area contributed by atoms with Gasteiger partial charge in [0.15, 0.2) is 6.10 Å². The summed E-state index contributed by atoms with van der Waals surface area (Å²) in [5, 5.41) is 0. The van der Waals surface area contributed by atoms with Crippen LogP contribution in [0, 0.1) is 0 Å². The molecule has 0 radical (unpaired) electrons. The van der Waals surface area contributed by atoms with Crippen LogP contribution in [0.15, 0.2) is 134 Å². The Morgan fingerprint density at radius 3 is 0.805 bits per heavy atom. The van der Waals surface area contributed by atoms with Gasteiger partial charge in [0.1, 0.15) is 13.2 Å². The largest absolute Gasteiger partial charge is 0.462 e. The Morgan fingerprint density at radius 1 is 0.273 bits per heavy atom. The standard InChI is InChI=1S/C71H116O6/c1-4-7-10-13-16-19-22-25-28-30-32-34-35-37-38-40-43-46-49-52-55-58-61-64-70(73)76-67-68(66-75-69(72)63-60-57-54-51-48-45-42-27-24-21-18-15-12-9-6-3)77-71(74)65-62-59-56-53-50-47-44-41-39-36-33-31-29-26-23-20-17-14-11-8-5-2/h7-8,10-11,16-17,19-20,25-29,32-34,36-38,41-42,44,68H,4-6,9,12-15,18,21-24,30-31,35,39-40,43,45-67H2,1-3H3/b10-7-,11-8-,19-16-,20-17-,28-25-,29-26-,34-32-,36-33-,38-37-,42-27-,44-41-. The molecule has 0 rings (SSSR count). The average molecular weight is 1070 g/mol. The molecule has 0 aromatic carbocycles. The molecule has 1 atom stereocenters. The maximum atomic E-state index is 12.9. The zero-order valence-electron chi connectivity index (χ0n) is 49.9. The summed E-state index contributed by atoms with van der Waals surface area (Å²) in [4.78, 5) is 38.3. The van der Waals surface area contributed by atoms with E-state index < -0.39 is 6.10 Å². The van der Waals surface area contributed by atoms with Crippen molar-refractivity contribution >= 4 is 17.9 Å². The van der Waals surface area contributed by atoms with Crippen molar-refractivity contribution in [2.75, 3.05) is 13.2 Å². The Kier molecular flexibility index (Phi) is 60.4. The second-order valence-corrected chi connectivity index (χ2v) is 20.5. The quantitative estimate of drug-likeness (QED) is 0.0261. The molecular formula is C71H116O6. The van der Waals surface area contributed by atoms with E-state index in [0.717, 1.165) is 161 Å². The molecule has 0 heterocycles. The van der Waals surface area contributed by atoms with Gasteiger partial charge in [-0.3, -0.25) is 14.4 Å². The smallest absolute Gasteiger partial charge is 0.306 e. The van der Waals surface area contributed by atoms with Crippen LogP contribution >= 0.6 is 0 Å². The third-order valence-electron chi connectivity index (χ3n) is 13.1. The Morgan fingerprint density at radius 2 is 0.506 bits per heavy atom. The minimum atomic E-state index is -0.803. The molecule has 6 nitrogen and oxygen atoms in total. The van der Waals surface area contributed by atoms with Gasteiger partial charge in [-0.1, -0.05) is 257 Å². The molecule has 0 aliphatic rings. The molecule has 0 saturated carbocycles. The van der Waals surface area contributed by atoms with Crippen molar-refractivity contribution in [3.05, 3.63) is 134 Å². The van der Waals surface area contributed by atoms with Gasteiger partial charge in [-0.25, -0.2) is 0 Å². The van der Waals surface area contributed by atoms with Crippen molar-refractivity contribution in [2.24, 2.45) is 0 Å². The molecule has 0 aromatic heterocycles. The minimum absolute atomic E-state index is 0.0974. The summed E-state index contributed by atoms with van der Waals surface area (Å²) in [7, 11) is 0. The lowest BCUT2D eigenvalue weighted by molar-refractivity contribution is -0.167. The Bertz CT molecular complexity index is 1650. The number of carbonyl (C=O) groups excluding carboxylic acids is 3. The molecule has 0 aliphatic heterocycles. The number of carbonyl (C=O) groups is 3. The second kappa shape index (κ2) is 64.1. The van der Waals surface area contributed by atoms with Gasteiger partial charge < -0.3 is 14.2 Å². The molecule has 77 heavy (non-hydrogen) atoms. The van der Waals surface area contributed by atoms with Crippen LogP contribution in [0.25, 0.3) is 0 Å². The molecule has 6 heteroatoms. The van der Waals surface area contributed by atoms with Crippen molar-refractivity contribution in [1.29, 1.82) is 0 Å². The molecule has 436 valence electrons. The highest BCUT2D eigenvalue weighted by molar-refractivity contribution is 5.71. The second-order valence-electron chi connectivity index (χ2n) is 20.5. The highest BCUT2D eigenvalue weighted by Crippen LogP contribution is 2.14. The van der Waals surface area contributed by atoms with Gasteiger partial charge in [0.2, 0.25) is 0 Å². The third kappa shape index (κ3) is 62.3. The van der Waals surface area contributed by atoms with Crippen LogP contribution < -0.4 is 0 Å². The van der Waals surface area contributed by atoms with Crippen molar-refractivity contribution < 1.29 is 28.6 Å². The van der Waals surface area contributed by atoms with Crippen LogP contribution in [0.2, 0.25) is 0 Å². The van der Waals surface area contributed by atoms with Crippen LogP contribution in [0.4, 0.5) is 0 Å². The summed E-state index contributed by atoms with van der Waals surface area (Å²) in [6.07, 6.45) is 90.1. The number of hydrogen-bond donors (Lipinski definition) is 0. The summed E-state index contributed by atoms with van der Waals surface area (Å²) in [5.74, 6) is -0.933. The minimum Gasteiger partial charge on any atom is -0.462 e. The van der Waals surface area contributed by atoms with E-state index in [1.807, 2.05) is 0 Å². The number of esters is 3. The number of allylic oxidation sites excluding steroid dienone is 22. The summed E-state index contributed by atoms with van der Waals surface area (Å²) in [6, 6.07) is 0. The van der Waals surface area contributed by atoms with E-state index in [2.05, 4.69) is 154 Å². The van der Waals surface area contributed by atoms with Gasteiger partial charge in [0.05, 0.1) is 0 Å². The van der Waals surface area contributed by atoms with Gasteiger partial charge in [-0.05, 0) is 135 Å². The van der Waals surface area contributed by atoms with Gasteiger partial charge in [0.25, 0.3) is 0 Å². The molecule has 0 saturated heterocycles. The van der Waals surface area contributed by atoms with Crippen molar-refractivity contribution in [3.63, 3.8) is 0 Å². The highest BCUT2D eigenvalue weighted by atomic mass is 16.6. The summed E-state index contributed by atoms with van der Waals surface area (Å²) in [5.41, 5.74) is 0. The normalized spacial score (nSPS) is 13.0. The monoisotopic (exact) mass is 1060 g/mol. The Labute approximate surface area is 475 Å². The van der Waals surface area contributed by atoms with Gasteiger partial charge in [-0.2, -0.15) is 0 Å². The fraction of sp³-hybridized carbons (Fsp3) is 0.648. The van der Waals surface area contributed by atoms with Crippen LogP contribution in [0.5, 0.6) is 0 Å². The lowest BCUT2D eigenvalue weighted by Gasteiger charge is -2.18. The van der Waals surface area contributed by atoms with E-state index in [-0.39, 0.29) is 31.1 Å². The summed E-state index contributed by atoms with van der Waals surface area (Å²) < 4.78 is 16.9. The zero-order valence-corrected chi connectivity index (χ0v) is 49.9. The molecule has 0 N–H and O–H groups in total. The number of unbranched alkanes of at least 4 members (excludes halogenated alkanes) is 23. The van der Waals surface area contributed by atoms with E-state index in [9.17, 15) is 14.4 Å². The van der Waals surface area contributed by atoms with E-state index in [0.29, 0.717) is 19.3 Å².